The third kappa shape index (κ3) is 3.69. The van der Waals surface area contributed by atoms with E-state index in [1.54, 1.807) is 6.20 Å². The fourth-order valence-electron chi connectivity index (χ4n) is 2.00. The zero-order chi connectivity index (χ0) is 13.5. The molecule has 0 fully saturated rings. The molecule has 0 aliphatic carbocycles. The molecule has 1 aromatic carbocycles. The van der Waals surface area contributed by atoms with Gasteiger partial charge in [0.25, 0.3) is 0 Å². The first kappa shape index (κ1) is 13.8. The number of alkyl halides is 1. The summed E-state index contributed by atoms with van der Waals surface area (Å²) in [5, 5.41) is 9.24. The predicted octanol–water partition coefficient (Wildman–Crippen LogP) is 2.82. The fraction of sp³-hybridized carbons (Fsp3) is 0.267. The first-order chi connectivity index (χ1) is 9.35. The molecule has 100 valence electrons. The molecule has 0 unspecified atom stereocenters. The van der Waals surface area contributed by atoms with Gasteiger partial charge in [0.15, 0.2) is 0 Å². The van der Waals surface area contributed by atoms with E-state index in [1.165, 1.54) is 5.56 Å². The van der Waals surface area contributed by atoms with Crippen molar-refractivity contribution >= 4 is 17.4 Å². The molecular weight excluding hydrogens is 260 g/mol. The largest absolute Gasteiger partial charge is 0.395 e. The smallest absolute Gasteiger partial charge is 0.133 e. The number of halogens is 1. The first-order valence-corrected chi connectivity index (χ1v) is 6.78. The predicted molar refractivity (Wildman–Crippen MR) is 78.4 cm³/mol. The number of nitrogens with zero attached hydrogens (tertiary/aromatic N) is 2. The van der Waals surface area contributed by atoms with Crippen molar-refractivity contribution in [2.45, 2.75) is 12.4 Å². The second kappa shape index (κ2) is 7.12. The standard InChI is InChI=1S/C15H17ClN2O/c16-11-14-7-4-8-17-15(14)18(9-10-19)12-13-5-2-1-3-6-13/h1-8,19H,9-12H2. The summed E-state index contributed by atoms with van der Waals surface area (Å²) in [6.07, 6.45) is 1.75. The molecule has 1 heterocycles. The van der Waals surface area contributed by atoms with Crippen LogP contribution < -0.4 is 4.90 Å². The molecule has 4 heteroatoms. The second-order valence-corrected chi connectivity index (χ2v) is 4.52. The quantitative estimate of drug-likeness (QED) is 0.824. The van der Waals surface area contributed by atoms with Crippen LogP contribution in [0.15, 0.2) is 48.7 Å². The van der Waals surface area contributed by atoms with Gasteiger partial charge in [-0.25, -0.2) is 4.98 Å². The highest BCUT2D eigenvalue weighted by Crippen LogP contribution is 2.20. The van der Waals surface area contributed by atoms with Gasteiger partial charge in [0.1, 0.15) is 5.82 Å². The van der Waals surface area contributed by atoms with Crippen LogP contribution in [0, 0.1) is 0 Å². The molecule has 0 spiro atoms. The lowest BCUT2D eigenvalue weighted by atomic mass is 10.2. The summed E-state index contributed by atoms with van der Waals surface area (Å²) in [6, 6.07) is 14.0. The van der Waals surface area contributed by atoms with Gasteiger partial charge >= 0.3 is 0 Å². The van der Waals surface area contributed by atoms with Gasteiger partial charge in [0.05, 0.1) is 12.5 Å². The van der Waals surface area contributed by atoms with Crippen molar-refractivity contribution in [1.82, 2.24) is 4.98 Å². The summed E-state index contributed by atoms with van der Waals surface area (Å²) in [5.74, 6) is 1.26. The number of anilines is 1. The van der Waals surface area contributed by atoms with Gasteiger partial charge in [-0.05, 0) is 11.6 Å². The topological polar surface area (TPSA) is 36.4 Å². The molecule has 2 rings (SSSR count). The maximum Gasteiger partial charge on any atom is 0.133 e. The Morgan fingerprint density at radius 1 is 1.11 bits per heavy atom. The van der Waals surface area contributed by atoms with Crippen LogP contribution in [0.1, 0.15) is 11.1 Å². The molecule has 0 aliphatic rings. The van der Waals surface area contributed by atoms with E-state index in [0.29, 0.717) is 19.0 Å². The maximum absolute atomic E-state index is 9.24. The monoisotopic (exact) mass is 276 g/mol. The van der Waals surface area contributed by atoms with E-state index in [1.807, 2.05) is 35.2 Å². The van der Waals surface area contributed by atoms with E-state index in [4.69, 9.17) is 11.6 Å². The minimum atomic E-state index is 0.0884. The number of aliphatic hydroxyl groups excluding tert-OH is 1. The average Bonchev–Trinajstić information content (AvgIpc) is 2.48. The van der Waals surface area contributed by atoms with Gasteiger partial charge in [-0.2, -0.15) is 0 Å². The molecule has 0 bridgehead atoms. The minimum absolute atomic E-state index is 0.0884. The molecule has 0 amide bonds. The van der Waals surface area contributed by atoms with Gasteiger partial charge < -0.3 is 10.0 Å². The Labute approximate surface area is 118 Å². The normalized spacial score (nSPS) is 10.4. The Morgan fingerprint density at radius 2 is 1.89 bits per heavy atom. The third-order valence-electron chi connectivity index (χ3n) is 2.90. The number of rotatable bonds is 6. The molecule has 0 aliphatic heterocycles. The number of aromatic nitrogens is 1. The van der Waals surface area contributed by atoms with E-state index >= 15 is 0 Å². The summed E-state index contributed by atoms with van der Waals surface area (Å²) < 4.78 is 0. The minimum Gasteiger partial charge on any atom is -0.395 e. The fourth-order valence-corrected chi connectivity index (χ4v) is 2.21. The Bertz CT molecular complexity index is 505. The van der Waals surface area contributed by atoms with Crippen molar-refractivity contribution in [3.8, 4) is 0 Å². The molecule has 19 heavy (non-hydrogen) atoms. The first-order valence-electron chi connectivity index (χ1n) is 6.24. The third-order valence-corrected chi connectivity index (χ3v) is 3.19. The van der Waals surface area contributed by atoms with Crippen molar-refractivity contribution in [2.75, 3.05) is 18.1 Å². The molecule has 3 nitrogen and oxygen atoms in total. The van der Waals surface area contributed by atoms with Crippen LogP contribution in [0.25, 0.3) is 0 Å². The van der Waals surface area contributed by atoms with Crippen LogP contribution in [0.2, 0.25) is 0 Å². The summed E-state index contributed by atoms with van der Waals surface area (Å²) in [7, 11) is 0. The highest BCUT2D eigenvalue weighted by Gasteiger charge is 2.12. The molecule has 0 radical (unpaired) electrons. The van der Waals surface area contributed by atoms with Crippen molar-refractivity contribution in [3.63, 3.8) is 0 Å². The summed E-state index contributed by atoms with van der Waals surface area (Å²) in [4.78, 5) is 6.44. The molecule has 2 aromatic rings. The Hall–Kier alpha value is -1.58. The van der Waals surface area contributed by atoms with E-state index in [-0.39, 0.29) is 6.61 Å². The van der Waals surface area contributed by atoms with Crippen molar-refractivity contribution in [1.29, 1.82) is 0 Å². The molecule has 1 aromatic heterocycles. The average molecular weight is 277 g/mol. The highest BCUT2D eigenvalue weighted by atomic mass is 35.5. The number of aliphatic hydroxyl groups is 1. The van der Waals surface area contributed by atoms with Crippen molar-refractivity contribution in [3.05, 3.63) is 59.8 Å². The van der Waals surface area contributed by atoms with E-state index in [2.05, 4.69) is 17.1 Å². The van der Waals surface area contributed by atoms with E-state index in [9.17, 15) is 5.11 Å². The number of hydrogen-bond donors (Lipinski definition) is 1. The number of benzene rings is 1. The Morgan fingerprint density at radius 3 is 2.58 bits per heavy atom. The van der Waals surface area contributed by atoms with Crippen LogP contribution in [0.3, 0.4) is 0 Å². The molecule has 0 atom stereocenters. The molecule has 0 saturated carbocycles. The van der Waals surface area contributed by atoms with Crippen LogP contribution in [-0.4, -0.2) is 23.2 Å². The Kier molecular flexibility index (Phi) is 5.19. The van der Waals surface area contributed by atoms with Gasteiger partial charge in [0.2, 0.25) is 0 Å². The van der Waals surface area contributed by atoms with Gasteiger partial charge in [-0.15, -0.1) is 11.6 Å². The van der Waals surface area contributed by atoms with Crippen molar-refractivity contribution < 1.29 is 5.11 Å². The summed E-state index contributed by atoms with van der Waals surface area (Å²) in [6.45, 7) is 1.34. The van der Waals surface area contributed by atoms with Gasteiger partial charge in [-0.3, -0.25) is 0 Å². The lowest BCUT2D eigenvalue weighted by Crippen LogP contribution is -2.27. The second-order valence-electron chi connectivity index (χ2n) is 4.25. The summed E-state index contributed by atoms with van der Waals surface area (Å²) in [5.41, 5.74) is 2.16. The van der Waals surface area contributed by atoms with Crippen LogP contribution in [-0.2, 0) is 12.4 Å². The summed E-state index contributed by atoms with van der Waals surface area (Å²) >= 11 is 5.95. The Balaban J connectivity index is 2.24. The molecular formula is C15H17ClN2O. The highest BCUT2D eigenvalue weighted by molar-refractivity contribution is 6.17. The zero-order valence-corrected chi connectivity index (χ0v) is 11.4. The van der Waals surface area contributed by atoms with Crippen LogP contribution in [0.4, 0.5) is 5.82 Å². The van der Waals surface area contributed by atoms with Crippen molar-refractivity contribution in [2.24, 2.45) is 0 Å². The van der Waals surface area contributed by atoms with Gasteiger partial charge in [0, 0.05) is 24.8 Å². The number of hydrogen-bond acceptors (Lipinski definition) is 3. The molecule has 1 N–H and O–H groups in total. The van der Waals surface area contributed by atoms with Gasteiger partial charge in [-0.1, -0.05) is 36.4 Å². The lowest BCUT2D eigenvalue weighted by Gasteiger charge is -2.24. The molecule has 0 saturated heterocycles. The van der Waals surface area contributed by atoms with E-state index in [0.717, 1.165) is 11.4 Å². The van der Waals surface area contributed by atoms with E-state index < -0.39 is 0 Å². The SMILES string of the molecule is OCCN(Cc1ccccc1)c1ncccc1CCl. The number of pyridine rings is 1. The van der Waals surface area contributed by atoms with Crippen LogP contribution in [0.5, 0.6) is 0 Å². The van der Waals surface area contributed by atoms with Crippen LogP contribution >= 0.6 is 11.6 Å². The maximum atomic E-state index is 9.24. The zero-order valence-electron chi connectivity index (χ0n) is 10.7. The lowest BCUT2D eigenvalue weighted by molar-refractivity contribution is 0.301.